The molecule has 0 bridgehead atoms. The Hall–Kier alpha value is -3.02. The van der Waals surface area contributed by atoms with E-state index in [2.05, 4.69) is 5.32 Å². The van der Waals surface area contributed by atoms with Gasteiger partial charge >= 0.3 is 0 Å². The number of nitrogens with two attached hydrogens (primary N) is 1. The zero-order valence-corrected chi connectivity index (χ0v) is 14.8. The first-order valence-corrected chi connectivity index (χ1v) is 8.67. The lowest BCUT2D eigenvalue weighted by atomic mass is 9.96. The maximum atomic E-state index is 12.7. The van der Waals surface area contributed by atoms with Gasteiger partial charge in [-0.1, -0.05) is 18.2 Å². The normalized spacial score (nSPS) is 16.8. The van der Waals surface area contributed by atoms with Crippen molar-refractivity contribution in [1.82, 2.24) is 4.90 Å². The van der Waals surface area contributed by atoms with Crippen molar-refractivity contribution in [3.05, 3.63) is 54.1 Å². The highest BCUT2D eigenvalue weighted by Crippen LogP contribution is 2.26. The molecule has 6 nitrogen and oxygen atoms in total. The van der Waals surface area contributed by atoms with Crippen molar-refractivity contribution in [2.24, 2.45) is 5.92 Å². The Morgan fingerprint density at radius 1 is 1.19 bits per heavy atom. The van der Waals surface area contributed by atoms with Crippen LogP contribution in [-0.2, 0) is 4.79 Å². The first-order valence-electron chi connectivity index (χ1n) is 8.67. The van der Waals surface area contributed by atoms with E-state index in [1.54, 1.807) is 42.3 Å². The number of rotatable bonds is 4. The van der Waals surface area contributed by atoms with E-state index in [4.69, 9.17) is 10.5 Å². The maximum Gasteiger partial charge on any atom is 0.253 e. The van der Waals surface area contributed by atoms with Crippen molar-refractivity contribution in [2.45, 2.75) is 12.8 Å². The van der Waals surface area contributed by atoms with E-state index in [1.165, 1.54) is 0 Å². The fourth-order valence-electron chi connectivity index (χ4n) is 3.14. The van der Waals surface area contributed by atoms with E-state index >= 15 is 0 Å². The topological polar surface area (TPSA) is 84.7 Å². The molecule has 1 heterocycles. The third kappa shape index (κ3) is 3.96. The highest BCUT2D eigenvalue weighted by Gasteiger charge is 2.29. The van der Waals surface area contributed by atoms with Gasteiger partial charge in [0.15, 0.2) is 0 Å². The predicted molar refractivity (Wildman–Crippen MR) is 101 cm³/mol. The van der Waals surface area contributed by atoms with Crippen LogP contribution in [-0.4, -0.2) is 36.9 Å². The van der Waals surface area contributed by atoms with Gasteiger partial charge in [0.2, 0.25) is 5.91 Å². The molecule has 1 saturated heterocycles. The maximum absolute atomic E-state index is 12.7. The summed E-state index contributed by atoms with van der Waals surface area (Å²) in [6, 6.07) is 14.3. The summed E-state index contributed by atoms with van der Waals surface area (Å²) in [6.45, 7) is 1.07. The molecular formula is C20H23N3O3. The van der Waals surface area contributed by atoms with Crippen molar-refractivity contribution in [3.63, 3.8) is 0 Å². The molecule has 6 heteroatoms. The minimum absolute atomic E-state index is 0.0380. The van der Waals surface area contributed by atoms with E-state index in [1.807, 2.05) is 18.2 Å². The molecule has 2 aromatic carbocycles. The Labute approximate surface area is 152 Å². The van der Waals surface area contributed by atoms with Gasteiger partial charge < -0.3 is 20.7 Å². The largest absolute Gasteiger partial charge is 0.497 e. The fourth-order valence-corrected chi connectivity index (χ4v) is 3.14. The van der Waals surface area contributed by atoms with Gasteiger partial charge in [0.05, 0.1) is 24.4 Å². The standard InChI is InChI=1S/C20H23N3O3/c1-26-16-9-10-17(21)18(12-16)22-19(24)15-8-5-11-23(13-15)20(25)14-6-3-2-4-7-14/h2-4,6-7,9-10,12,15H,5,8,11,13,21H2,1H3,(H,22,24). The number of nitrogen functional groups attached to an aromatic ring is 1. The highest BCUT2D eigenvalue weighted by molar-refractivity contribution is 5.97. The van der Waals surface area contributed by atoms with E-state index in [-0.39, 0.29) is 17.7 Å². The third-order valence-electron chi connectivity index (χ3n) is 4.62. The Kier molecular flexibility index (Phi) is 5.41. The summed E-state index contributed by atoms with van der Waals surface area (Å²) in [5.74, 6) is 0.195. The molecule has 1 fully saturated rings. The molecule has 136 valence electrons. The highest BCUT2D eigenvalue weighted by atomic mass is 16.5. The van der Waals surface area contributed by atoms with E-state index < -0.39 is 0 Å². The number of carbonyl (C=O) groups excluding carboxylic acids is 2. The second-order valence-electron chi connectivity index (χ2n) is 6.40. The summed E-state index contributed by atoms with van der Waals surface area (Å²) in [4.78, 5) is 27.0. The number of amides is 2. The van der Waals surface area contributed by atoms with E-state index in [0.29, 0.717) is 35.8 Å². The molecule has 1 atom stereocenters. The van der Waals surface area contributed by atoms with Crippen LogP contribution < -0.4 is 15.8 Å². The van der Waals surface area contributed by atoms with Gasteiger partial charge in [-0.05, 0) is 37.1 Å². The summed E-state index contributed by atoms with van der Waals surface area (Å²) in [7, 11) is 1.56. The average Bonchev–Trinajstić information content (AvgIpc) is 2.69. The number of methoxy groups -OCH3 is 1. The van der Waals surface area contributed by atoms with Crippen molar-refractivity contribution in [3.8, 4) is 5.75 Å². The van der Waals surface area contributed by atoms with Crippen molar-refractivity contribution in [2.75, 3.05) is 31.2 Å². The second-order valence-corrected chi connectivity index (χ2v) is 6.40. The quantitative estimate of drug-likeness (QED) is 0.828. The third-order valence-corrected chi connectivity index (χ3v) is 4.62. The Morgan fingerprint density at radius 3 is 2.69 bits per heavy atom. The molecule has 3 N–H and O–H groups in total. The number of hydrogen-bond acceptors (Lipinski definition) is 4. The Morgan fingerprint density at radius 2 is 1.96 bits per heavy atom. The van der Waals surface area contributed by atoms with Crippen LogP contribution in [0.3, 0.4) is 0 Å². The lowest BCUT2D eigenvalue weighted by molar-refractivity contribution is -0.121. The zero-order chi connectivity index (χ0) is 18.5. The SMILES string of the molecule is COc1ccc(N)c(NC(=O)C2CCCN(C(=O)c3ccccc3)C2)c1. The second kappa shape index (κ2) is 7.91. The number of nitrogens with one attached hydrogen (secondary N) is 1. The predicted octanol–water partition coefficient (Wildman–Crippen LogP) is 2.77. The van der Waals surface area contributed by atoms with Crippen LogP contribution in [0.2, 0.25) is 0 Å². The van der Waals surface area contributed by atoms with Gasteiger partial charge in [-0.15, -0.1) is 0 Å². The fraction of sp³-hybridized carbons (Fsp3) is 0.300. The van der Waals surface area contributed by atoms with Gasteiger partial charge in [-0.25, -0.2) is 0 Å². The first-order chi connectivity index (χ1) is 12.6. The molecule has 0 saturated carbocycles. The van der Waals surface area contributed by atoms with Crippen LogP contribution in [0.5, 0.6) is 5.75 Å². The van der Waals surface area contributed by atoms with Crippen LogP contribution in [0.15, 0.2) is 48.5 Å². The molecule has 0 aliphatic carbocycles. The summed E-state index contributed by atoms with van der Waals surface area (Å²) in [5, 5.41) is 2.87. The van der Waals surface area contributed by atoms with Gasteiger partial charge in [-0.2, -0.15) is 0 Å². The van der Waals surface area contributed by atoms with Gasteiger partial charge in [0.25, 0.3) is 5.91 Å². The minimum atomic E-state index is -0.262. The average molecular weight is 353 g/mol. The number of ether oxygens (including phenoxy) is 1. The van der Waals surface area contributed by atoms with Crippen LogP contribution in [0.25, 0.3) is 0 Å². The summed E-state index contributed by atoms with van der Waals surface area (Å²) < 4.78 is 5.17. The molecule has 0 aromatic heterocycles. The molecule has 3 rings (SSSR count). The van der Waals surface area contributed by atoms with Gasteiger partial charge in [-0.3, -0.25) is 9.59 Å². The van der Waals surface area contributed by atoms with E-state index in [0.717, 1.165) is 12.8 Å². The van der Waals surface area contributed by atoms with Crippen LogP contribution in [0, 0.1) is 5.92 Å². The minimum Gasteiger partial charge on any atom is -0.497 e. The number of hydrogen-bond donors (Lipinski definition) is 2. The van der Waals surface area contributed by atoms with Gasteiger partial charge in [0, 0.05) is 24.7 Å². The van der Waals surface area contributed by atoms with Crippen molar-refractivity contribution < 1.29 is 14.3 Å². The van der Waals surface area contributed by atoms with Crippen molar-refractivity contribution >= 4 is 23.2 Å². The molecule has 2 amide bonds. The lowest BCUT2D eigenvalue weighted by Crippen LogP contribution is -2.43. The molecule has 2 aromatic rings. The molecular weight excluding hydrogens is 330 g/mol. The number of likely N-dealkylation sites (tertiary alicyclic amines) is 1. The monoisotopic (exact) mass is 353 g/mol. The number of anilines is 2. The molecule has 1 aliphatic rings. The summed E-state index contributed by atoms with van der Waals surface area (Å²) >= 11 is 0. The van der Waals surface area contributed by atoms with Gasteiger partial charge in [0.1, 0.15) is 5.75 Å². The lowest BCUT2D eigenvalue weighted by Gasteiger charge is -2.32. The molecule has 1 unspecified atom stereocenters. The Balaban J connectivity index is 1.67. The smallest absolute Gasteiger partial charge is 0.253 e. The number of piperidine rings is 1. The number of carbonyl (C=O) groups is 2. The van der Waals surface area contributed by atoms with Crippen molar-refractivity contribution in [1.29, 1.82) is 0 Å². The summed E-state index contributed by atoms with van der Waals surface area (Å²) in [5.41, 5.74) is 7.59. The number of nitrogens with zero attached hydrogens (tertiary/aromatic N) is 1. The first kappa shape index (κ1) is 17.8. The Bertz CT molecular complexity index is 792. The van der Waals surface area contributed by atoms with Crippen LogP contribution in [0.1, 0.15) is 23.2 Å². The molecule has 1 aliphatic heterocycles. The molecule has 0 radical (unpaired) electrons. The van der Waals surface area contributed by atoms with Crippen LogP contribution >= 0.6 is 0 Å². The summed E-state index contributed by atoms with van der Waals surface area (Å²) in [6.07, 6.45) is 1.54. The van der Waals surface area contributed by atoms with E-state index in [9.17, 15) is 9.59 Å². The number of benzene rings is 2. The zero-order valence-electron chi connectivity index (χ0n) is 14.8. The molecule has 0 spiro atoms. The molecule has 26 heavy (non-hydrogen) atoms. The van der Waals surface area contributed by atoms with Crippen LogP contribution in [0.4, 0.5) is 11.4 Å².